The van der Waals surface area contributed by atoms with Crippen LogP contribution >= 0.6 is 34.9 Å². The fourth-order valence-electron chi connectivity index (χ4n) is 2.83. The van der Waals surface area contributed by atoms with Crippen molar-refractivity contribution in [3.63, 3.8) is 0 Å². The second-order valence-corrected chi connectivity index (χ2v) is 9.37. The van der Waals surface area contributed by atoms with Crippen molar-refractivity contribution in [1.29, 1.82) is 0 Å². The molecule has 0 spiro atoms. The van der Waals surface area contributed by atoms with E-state index in [1.165, 1.54) is 6.20 Å². The summed E-state index contributed by atoms with van der Waals surface area (Å²) in [5.74, 6) is 0.759. The van der Waals surface area contributed by atoms with Crippen LogP contribution in [0.2, 0.25) is 5.02 Å². The van der Waals surface area contributed by atoms with Gasteiger partial charge in [-0.3, -0.25) is 4.79 Å². The van der Waals surface area contributed by atoms with Gasteiger partial charge in [-0.15, -0.1) is 0 Å². The fraction of sp³-hybridized carbons (Fsp3) is 0.588. The summed E-state index contributed by atoms with van der Waals surface area (Å²) in [6.45, 7) is 5.61. The van der Waals surface area contributed by atoms with Crippen LogP contribution in [-0.2, 0) is 10.9 Å². The molecule has 1 atom stereocenters. The molecule has 2 aromatic heterocycles. The quantitative estimate of drug-likeness (QED) is 0.403. The minimum atomic E-state index is -4.34. The largest absolute Gasteiger partial charge is 0.427 e. The molecule has 2 aromatic rings. The predicted molar refractivity (Wildman–Crippen MR) is 117 cm³/mol. The van der Waals surface area contributed by atoms with Gasteiger partial charge in [0.15, 0.2) is 5.13 Å². The summed E-state index contributed by atoms with van der Waals surface area (Å²) in [4.78, 5) is 16.6. The third-order valence-electron chi connectivity index (χ3n) is 4.35. The Hall–Kier alpha value is -1.54. The highest BCUT2D eigenvalue weighted by Crippen LogP contribution is 2.36. The first-order valence-corrected chi connectivity index (χ1v) is 11.6. The number of halogens is 4. The number of aromatic nitrogens is 3. The summed E-state index contributed by atoms with van der Waals surface area (Å²) >= 11 is 8.26. The molecule has 0 unspecified atom stereocenters. The number of aromatic amines is 1. The molecule has 1 fully saturated rings. The molecule has 14 heteroatoms. The Morgan fingerprint density at radius 2 is 2.10 bits per heavy atom. The molecule has 0 bridgehead atoms. The zero-order chi connectivity index (χ0) is 22.4. The first kappa shape index (κ1) is 24.1. The van der Waals surface area contributed by atoms with Crippen molar-refractivity contribution in [2.45, 2.75) is 19.1 Å². The van der Waals surface area contributed by atoms with Crippen molar-refractivity contribution in [2.75, 3.05) is 55.4 Å². The summed E-state index contributed by atoms with van der Waals surface area (Å²) in [5.41, 5.74) is 0.00304. The van der Waals surface area contributed by atoms with Crippen LogP contribution in [0, 0.1) is 0 Å². The highest BCUT2D eigenvalue weighted by molar-refractivity contribution is 7.97. The van der Waals surface area contributed by atoms with Crippen LogP contribution in [0.1, 0.15) is 11.8 Å². The Balaban J connectivity index is 1.30. The zero-order valence-corrected chi connectivity index (χ0v) is 19.0. The van der Waals surface area contributed by atoms with E-state index in [0.717, 1.165) is 25.0 Å². The second kappa shape index (κ2) is 10.9. The van der Waals surface area contributed by atoms with E-state index >= 15 is 0 Å². The molecule has 1 saturated heterocycles. The summed E-state index contributed by atoms with van der Waals surface area (Å²) in [5, 5.41) is 9.52. The van der Waals surface area contributed by atoms with E-state index in [2.05, 4.69) is 24.8 Å². The van der Waals surface area contributed by atoms with Gasteiger partial charge in [-0.25, -0.2) is 14.4 Å². The van der Waals surface area contributed by atoms with E-state index in [4.69, 9.17) is 16.3 Å². The Labute approximate surface area is 190 Å². The number of thiazole rings is 1. The lowest BCUT2D eigenvalue weighted by Gasteiger charge is -2.33. The van der Waals surface area contributed by atoms with E-state index < -0.39 is 16.6 Å². The van der Waals surface area contributed by atoms with Crippen LogP contribution in [0.25, 0.3) is 0 Å². The molecule has 8 nitrogen and oxygen atoms in total. The van der Waals surface area contributed by atoms with Crippen molar-refractivity contribution >= 4 is 45.7 Å². The van der Waals surface area contributed by atoms with E-state index in [0.29, 0.717) is 48.5 Å². The van der Waals surface area contributed by atoms with Gasteiger partial charge in [0, 0.05) is 38.0 Å². The molecule has 0 aliphatic carbocycles. The molecule has 1 aliphatic heterocycles. The van der Waals surface area contributed by atoms with Gasteiger partial charge in [0.05, 0.1) is 31.3 Å². The van der Waals surface area contributed by atoms with Crippen LogP contribution in [0.5, 0.6) is 0 Å². The Kier molecular flexibility index (Phi) is 8.44. The van der Waals surface area contributed by atoms with Gasteiger partial charge in [-0.2, -0.15) is 18.3 Å². The molecule has 3 heterocycles. The highest BCUT2D eigenvalue weighted by atomic mass is 35.5. The van der Waals surface area contributed by atoms with Gasteiger partial charge in [-0.05, 0) is 6.92 Å². The molecule has 0 radical (unpaired) electrons. The van der Waals surface area contributed by atoms with Crippen molar-refractivity contribution in [3.8, 4) is 0 Å². The van der Waals surface area contributed by atoms with Crippen LogP contribution < -0.4 is 15.8 Å². The average molecular weight is 499 g/mol. The number of nitrogens with one attached hydrogen (secondary N) is 2. The maximum Gasteiger partial charge on any atom is 0.427 e. The van der Waals surface area contributed by atoms with Crippen LogP contribution in [-0.4, -0.2) is 70.7 Å². The number of ether oxygens (including phenoxy) is 1. The van der Waals surface area contributed by atoms with E-state index in [9.17, 15) is 18.0 Å². The standard InChI is InChI=1S/C17H22ClF3N6O2S2/c1-11(24-12-8-23-25-15(28)14(12)18)10-29-6-7-30-27-4-2-26(3-5-27)16-22-9-13(31-16)17(19,20)21/h8-9,11H,2-7,10H2,1H3,(H2,24,25,28)/t11-/m0/s1. The number of hydrogen-bond donors (Lipinski definition) is 2. The van der Waals surface area contributed by atoms with Gasteiger partial charge in [0.25, 0.3) is 5.56 Å². The number of anilines is 2. The smallest absolute Gasteiger partial charge is 0.378 e. The van der Waals surface area contributed by atoms with Gasteiger partial charge in [0.2, 0.25) is 0 Å². The predicted octanol–water partition coefficient (Wildman–Crippen LogP) is 3.19. The van der Waals surface area contributed by atoms with Gasteiger partial charge < -0.3 is 15.0 Å². The van der Waals surface area contributed by atoms with E-state index in [1.807, 2.05) is 11.8 Å². The summed E-state index contributed by atoms with van der Waals surface area (Å²) in [6, 6.07) is -0.0606. The maximum atomic E-state index is 12.7. The number of piperazine rings is 1. The molecular weight excluding hydrogens is 477 g/mol. The minimum Gasteiger partial charge on any atom is -0.378 e. The molecule has 3 rings (SSSR count). The Morgan fingerprint density at radius 3 is 2.77 bits per heavy atom. The van der Waals surface area contributed by atoms with Crippen molar-refractivity contribution in [3.05, 3.63) is 32.6 Å². The van der Waals surface area contributed by atoms with E-state index in [1.54, 1.807) is 11.9 Å². The Bertz CT molecular complexity index is 904. The summed E-state index contributed by atoms with van der Waals surface area (Å²) < 4.78 is 46.0. The number of H-pyrrole nitrogens is 1. The number of rotatable bonds is 9. The zero-order valence-electron chi connectivity index (χ0n) is 16.6. The van der Waals surface area contributed by atoms with Crippen molar-refractivity contribution in [1.82, 2.24) is 19.5 Å². The normalized spacial score (nSPS) is 16.5. The first-order chi connectivity index (χ1) is 14.7. The fourth-order valence-corrected chi connectivity index (χ4v) is 4.68. The molecule has 0 saturated carbocycles. The molecule has 2 N–H and O–H groups in total. The van der Waals surface area contributed by atoms with Crippen LogP contribution in [0.3, 0.4) is 0 Å². The lowest BCUT2D eigenvalue weighted by molar-refractivity contribution is -0.134. The average Bonchev–Trinajstić information content (AvgIpc) is 3.22. The lowest BCUT2D eigenvalue weighted by atomic mass is 10.3. The lowest BCUT2D eigenvalue weighted by Crippen LogP contribution is -2.43. The van der Waals surface area contributed by atoms with Gasteiger partial charge >= 0.3 is 6.18 Å². The molecular formula is C17H22ClF3N6O2S2. The number of hydrogen-bond acceptors (Lipinski definition) is 9. The third kappa shape index (κ3) is 6.97. The topological polar surface area (TPSA) is 86.4 Å². The molecule has 0 aromatic carbocycles. The molecule has 1 aliphatic rings. The molecule has 172 valence electrons. The minimum absolute atomic E-state index is 0.0592. The number of alkyl halides is 3. The number of nitrogens with zero attached hydrogens (tertiary/aromatic N) is 4. The summed E-state index contributed by atoms with van der Waals surface area (Å²) in [7, 11) is 0. The Morgan fingerprint density at radius 1 is 1.35 bits per heavy atom. The first-order valence-electron chi connectivity index (χ1n) is 9.47. The molecule has 31 heavy (non-hydrogen) atoms. The maximum absolute atomic E-state index is 12.7. The van der Waals surface area contributed by atoms with E-state index in [-0.39, 0.29) is 11.1 Å². The van der Waals surface area contributed by atoms with Crippen LogP contribution in [0.15, 0.2) is 17.2 Å². The second-order valence-electron chi connectivity index (χ2n) is 6.80. The third-order valence-corrected chi connectivity index (χ3v) is 6.91. The SMILES string of the molecule is C[C@@H](COCCSN1CCN(c2ncc(C(F)(F)F)s2)CC1)Nc1cn[nH]c(=O)c1Cl. The van der Waals surface area contributed by atoms with Gasteiger partial charge in [-0.1, -0.05) is 34.9 Å². The van der Waals surface area contributed by atoms with Gasteiger partial charge in [0.1, 0.15) is 9.90 Å². The van der Waals surface area contributed by atoms with Crippen molar-refractivity contribution in [2.24, 2.45) is 0 Å². The van der Waals surface area contributed by atoms with Crippen LogP contribution in [0.4, 0.5) is 24.0 Å². The monoisotopic (exact) mass is 498 g/mol. The highest BCUT2D eigenvalue weighted by Gasteiger charge is 2.34. The molecule has 0 amide bonds. The summed E-state index contributed by atoms with van der Waals surface area (Å²) in [6.07, 6.45) is -2.00. The van der Waals surface area contributed by atoms with Crippen molar-refractivity contribution < 1.29 is 17.9 Å².